The van der Waals surface area contributed by atoms with Crippen molar-refractivity contribution in [2.24, 2.45) is 5.73 Å². The van der Waals surface area contributed by atoms with Gasteiger partial charge in [0.25, 0.3) is 0 Å². The molecule has 0 saturated carbocycles. The first-order chi connectivity index (χ1) is 6.24. The molecule has 13 heavy (non-hydrogen) atoms. The Morgan fingerprint density at radius 2 is 2.23 bits per heavy atom. The Bertz CT molecular complexity index is 260. The van der Waals surface area contributed by atoms with Crippen LogP contribution in [0, 0.1) is 0 Å². The molecule has 0 spiro atoms. The Kier molecular flexibility index (Phi) is 3.77. The second kappa shape index (κ2) is 4.87. The Morgan fingerprint density at radius 1 is 1.46 bits per heavy atom. The fraction of sp³-hybridized carbons (Fsp3) is 0.455. The Labute approximate surface area is 79.4 Å². The summed E-state index contributed by atoms with van der Waals surface area (Å²) in [6.07, 6.45) is 2.12. The van der Waals surface area contributed by atoms with Crippen LogP contribution in [0.1, 0.15) is 31.2 Å². The first-order valence-electron chi connectivity index (χ1n) is 4.73. The summed E-state index contributed by atoms with van der Waals surface area (Å²) in [4.78, 5) is 0. The second-order valence-corrected chi connectivity index (χ2v) is 3.43. The van der Waals surface area contributed by atoms with E-state index < -0.39 is 0 Å². The molecule has 1 rings (SSSR count). The summed E-state index contributed by atoms with van der Waals surface area (Å²) in [5, 5.41) is 9.26. The second-order valence-electron chi connectivity index (χ2n) is 3.43. The summed E-state index contributed by atoms with van der Waals surface area (Å²) in [6.45, 7) is 2.90. The standard InChI is InChI=1S/C11H17NO/c1-9(4-3-7-12)10-5-2-6-11(13)8-10/h2,5-6,8-9,13H,3-4,7,12H2,1H3. The molecule has 1 atom stereocenters. The fourth-order valence-corrected chi connectivity index (χ4v) is 1.42. The average Bonchev–Trinajstić information content (AvgIpc) is 2.14. The van der Waals surface area contributed by atoms with Gasteiger partial charge in [-0.05, 0) is 43.0 Å². The lowest BCUT2D eigenvalue weighted by molar-refractivity contribution is 0.473. The fourth-order valence-electron chi connectivity index (χ4n) is 1.42. The van der Waals surface area contributed by atoms with Crippen molar-refractivity contribution in [2.75, 3.05) is 6.54 Å². The van der Waals surface area contributed by atoms with E-state index in [1.807, 2.05) is 18.2 Å². The maximum Gasteiger partial charge on any atom is 0.115 e. The van der Waals surface area contributed by atoms with E-state index >= 15 is 0 Å². The van der Waals surface area contributed by atoms with Gasteiger partial charge in [-0.3, -0.25) is 0 Å². The molecule has 0 aromatic heterocycles. The number of phenolic OH excluding ortho intramolecular Hbond substituents is 1. The Balaban J connectivity index is 2.60. The molecule has 3 N–H and O–H groups in total. The van der Waals surface area contributed by atoms with Gasteiger partial charge >= 0.3 is 0 Å². The van der Waals surface area contributed by atoms with E-state index in [-0.39, 0.29) is 0 Å². The molecule has 1 aromatic carbocycles. The summed E-state index contributed by atoms with van der Waals surface area (Å²) >= 11 is 0. The Hall–Kier alpha value is -1.02. The summed E-state index contributed by atoms with van der Waals surface area (Å²) in [5.74, 6) is 0.827. The van der Waals surface area contributed by atoms with Crippen molar-refractivity contribution in [3.63, 3.8) is 0 Å². The van der Waals surface area contributed by atoms with Crippen LogP contribution in [0.3, 0.4) is 0 Å². The van der Waals surface area contributed by atoms with Gasteiger partial charge in [0.1, 0.15) is 5.75 Å². The van der Waals surface area contributed by atoms with E-state index in [2.05, 4.69) is 6.92 Å². The van der Waals surface area contributed by atoms with E-state index in [0.29, 0.717) is 11.7 Å². The molecule has 2 heteroatoms. The van der Waals surface area contributed by atoms with Crippen molar-refractivity contribution < 1.29 is 5.11 Å². The third kappa shape index (κ3) is 3.07. The predicted molar refractivity (Wildman–Crippen MR) is 54.8 cm³/mol. The van der Waals surface area contributed by atoms with Crippen molar-refractivity contribution in [1.29, 1.82) is 0 Å². The van der Waals surface area contributed by atoms with Crippen LogP contribution in [0.4, 0.5) is 0 Å². The first-order valence-corrected chi connectivity index (χ1v) is 4.73. The number of aromatic hydroxyl groups is 1. The molecular weight excluding hydrogens is 162 g/mol. The molecular formula is C11H17NO. The molecule has 1 aromatic rings. The average molecular weight is 179 g/mol. The zero-order valence-electron chi connectivity index (χ0n) is 8.03. The molecule has 0 fully saturated rings. The molecule has 0 bridgehead atoms. The minimum Gasteiger partial charge on any atom is -0.508 e. The van der Waals surface area contributed by atoms with E-state index in [9.17, 15) is 5.11 Å². The van der Waals surface area contributed by atoms with Crippen molar-refractivity contribution in [3.8, 4) is 5.75 Å². The van der Waals surface area contributed by atoms with Crippen molar-refractivity contribution in [2.45, 2.75) is 25.7 Å². The van der Waals surface area contributed by atoms with Gasteiger partial charge < -0.3 is 10.8 Å². The van der Waals surface area contributed by atoms with Crippen LogP contribution in [-0.4, -0.2) is 11.7 Å². The molecule has 2 nitrogen and oxygen atoms in total. The number of nitrogens with two attached hydrogens (primary N) is 1. The number of phenols is 1. The Morgan fingerprint density at radius 3 is 2.85 bits per heavy atom. The van der Waals surface area contributed by atoms with E-state index in [4.69, 9.17) is 5.73 Å². The van der Waals surface area contributed by atoms with Gasteiger partial charge in [-0.25, -0.2) is 0 Å². The van der Waals surface area contributed by atoms with Crippen LogP contribution < -0.4 is 5.73 Å². The molecule has 0 saturated heterocycles. The lowest BCUT2D eigenvalue weighted by atomic mass is 9.96. The van der Waals surface area contributed by atoms with E-state index in [1.165, 1.54) is 5.56 Å². The molecule has 72 valence electrons. The summed E-state index contributed by atoms with van der Waals surface area (Å²) in [5.41, 5.74) is 6.62. The van der Waals surface area contributed by atoms with Crippen LogP contribution in [0.5, 0.6) is 5.75 Å². The quantitative estimate of drug-likeness (QED) is 0.744. The highest BCUT2D eigenvalue weighted by atomic mass is 16.3. The number of rotatable bonds is 4. The molecule has 0 aliphatic heterocycles. The van der Waals surface area contributed by atoms with Crippen molar-refractivity contribution in [1.82, 2.24) is 0 Å². The predicted octanol–water partition coefficient (Wildman–Crippen LogP) is 2.23. The van der Waals surface area contributed by atoms with Crippen LogP contribution in [0.25, 0.3) is 0 Å². The number of benzene rings is 1. The molecule has 0 aliphatic carbocycles. The maximum atomic E-state index is 9.26. The van der Waals surface area contributed by atoms with Crippen molar-refractivity contribution in [3.05, 3.63) is 29.8 Å². The monoisotopic (exact) mass is 179 g/mol. The normalized spacial score (nSPS) is 12.8. The summed E-state index contributed by atoms with van der Waals surface area (Å²) in [6, 6.07) is 7.44. The van der Waals surface area contributed by atoms with E-state index in [0.717, 1.165) is 19.4 Å². The smallest absolute Gasteiger partial charge is 0.115 e. The molecule has 0 amide bonds. The lowest BCUT2D eigenvalue weighted by Crippen LogP contribution is -2.01. The van der Waals surface area contributed by atoms with Gasteiger partial charge in [0.05, 0.1) is 0 Å². The number of hydrogen-bond acceptors (Lipinski definition) is 2. The third-order valence-electron chi connectivity index (χ3n) is 2.28. The molecule has 0 radical (unpaired) electrons. The third-order valence-corrected chi connectivity index (χ3v) is 2.28. The number of hydrogen-bond donors (Lipinski definition) is 2. The van der Waals surface area contributed by atoms with Gasteiger partial charge in [-0.15, -0.1) is 0 Å². The van der Waals surface area contributed by atoms with E-state index in [1.54, 1.807) is 6.07 Å². The first kappa shape index (κ1) is 10.1. The zero-order chi connectivity index (χ0) is 9.68. The van der Waals surface area contributed by atoms with Crippen LogP contribution >= 0.6 is 0 Å². The van der Waals surface area contributed by atoms with Crippen LogP contribution in [-0.2, 0) is 0 Å². The molecule has 0 heterocycles. The largest absolute Gasteiger partial charge is 0.508 e. The minimum absolute atomic E-state index is 0.345. The maximum absolute atomic E-state index is 9.26. The van der Waals surface area contributed by atoms with Gasteiger partial charge in [0.2, 0.25) is 0 Å². The lowest BCUT2D eigenvalue weighted by Gasteiger charge is -2.10. The highest BCUT2D eigenvalue weighted by Gasteiger charge is 2.04. The van der Waals surface area contributed by atoms with Crippen molar-refractivity contribution >= 4 is 0 Å². The highest BCUT2D eigenvalue weighted by molar-refractivity contribution is 5.29. The molecule has 0 aliphatic rings. The zero-order valence-corrected chi connectivity index (χ0v) is 8.03. The van der Waals surface area contributed by atoms with Gasteiger partial charge in [0, 0.05) is 0 Å². The van der Waals surface area contributed by atoms with Gasteiger partial charge in [0.15, 0.2) is 0 Å². The SMILES string of the molecule is CC(CCCN)c1cccc(O)c1. The van der Waals surface area contributed by atoms with Crippen LogP contribution in [0.15, 0.2) is 24.3 Å². The van der Waals surface area contributed by atoms with Gasteiger partial charge in [-0.2, -0.15) is 0 Å². The van der Waals surface area contributed by atoms with Gasteiger partial charge in [-0.1, -0.05) is 19.1 Å². The molecule has 1 unspecified atom stereocenters. The minimum atomic E-state index is 0.345. The summed E-state index contributed by atoms with van der Waals surface area (Å²) in [7, 11) is 0. The highest BCUT2D eigenvalue weighted by Crippen LogP contribution is 2.23. The summed E-state index contributed by atoms with van der Waals surface area (Å²) < 4.78 is 0. The van der Waals surface area contributed by atoms with Crippen LogP contribution in [0.2, 0.25) is 0 Å². The topological polar surface area (TPSA) is 46.2 Å².